The first-order valence-corrected chi connectivity index (χ1v) is 20.1. The van der Waals surface area contributed by atoms with Gasteiger partial charge in [0.1, 0.15) is 11.2 Å². The van der Waals surface area contributed by atoms with Crippen molar-refractivity contribution in [1.29, 1.82) is 0 Å². The third kappa shape index (κ3) is 5.08. The average molecular weight is 757 g/mol. The van der Waals surface area contributed by atoms with Gasteiger partial charge in [-0.2, -0.15) is 0 Å². The molecule has 59 heavy (non-hydrogen) atoms. The summed E-state index contributed by atoms with van der Waals surface area (Å²) in [6.07, 6.45) is 0. The molecule has 0 aliphatic heterocycles. The van der Waals surface area contributed by atoms with Crippen LogP contribution in [0.5, 0.6) is 0 Å². The molecule has 5 nitrogen and oxygen atoms in total. The largest absolute Gasteiger partial charge is 0.455 e. The summed E-state index contributed by atoms with van der Waals surface area (Å²) in [6.45, 7) is 4.70. The van der Waals surface area contributed by atoms with Crippen LogP contribution in [0.4, 0.5) is 0 Å². The molecule has 5 heteroatoms. The molecule has 3 aromatic heterocycles. The van der Waals surface area contributed by atoms with E-state index >= 15 is 0 Å². The molecular formula is C54H36N4O. The first kappa shape index (κ1) is 33.5. The highest BCUT2D eigenvalue weighted by atomic mass is 16.3. The van der Waals surface area contributed by atoms with Crippen LogP contribution < -0.4 is 0 Å². The van der Waals surface area contributed by atoms with E-state index in [4.69, 9.17) is 19.4 Å². The maximum Gasteiger partial charge on any atom is 0.167 e. The highest BCUT2D eigenvalue weighted by molar-refractivity contribution is 6.15. The molecule has 1 aliphatic rings. The van der Waals surface area contributed by atoms with E-state index in [-0.39, 0.29) is 5.41 Å². The molecule has 0 unspecified atom stereocenters. The summed E-state index contributed by atoms with van der Waals surface area (Å²) in [4.78, 5) is 15.0. The monoisotopic (exact) mass is 756 g/mol. The van der Waals surface area contributed by atoms with Crippen LogP contribution in [0.3, 0.4) is 0 Å². The Bertz CT molecular complexity index is 3400. The highest BCUT2D eigenvalue weighted by Crippen LogP contribution is 2.51. The van der Waals surface area contributed by atoms with Crippen molar-refractivity contribution in [3.63, 3.8) is 0 Å². The Morgan fingerprint density at radius 3 is 1.64 bits per heavy atom. The summed E-state index contributed by atoms with van der Waals surface area (Å²) in [5.41, 5.74) is 15.2. The molecule has 0 amide bonds. The summed E-state index contributed by atoms with van der Waals surface area (Å²) < 4.78 is 9.43. The number of rotatable bonds is 5. The van der Waals surface area contributed by atoms with Gasteiger partial charge in [0.15, 0.2) is 17.5 Å². The molecule has 0 radical (unpaired) electrons. The maximum absolute atomic E-state index is 7.01. The van der Waals surface area contributed by atoms with Crippen LogP contribution in [0.2, 0.25) is 0 Å². The van der Waals surface area contributed by atoms with Crippen molar-refractivity contribution in [2.45, 2.75) is 19.3 Å². The molecule has 0 saturated heterocycles. The molecule has 1 aliphatic carbocycles. The lowest BCUT2D eigenvalue weighted by Gasteiger charge is -2.21. The van der Waals surface area contributed by atoms with Gasteiger partial charge in [-0.25, -0.2) is 15.0 Å². The van der Waals surface area contributed by atoms with Gasteiger partial charge in [-0.1, -0.05) is 153 Å². The number of benzene rings is 8. The van der Waals surface area contributed by atoms with Crippen LogP contribution in [0.25, 0.3) is 106 Å². The second-order valence-electron chi connectivity index (χ2n) is 16.0. The summed E-state index contributed by atoms with van der Waals surface area (Å²) >= 11 is 0. The van der Waals surface area contributed by atoms with Gasteiger partial charge in [0.05, 0.1) is 16.6 Å². The molecule has 0 N–H and O–H groups in total. The third-order valence-electron chi connectivity index (χ3n) is 12.3. The number of hydrogen-bond acceptors (Lipinski definition) is 4. The van der Waals surface area contributed by atoms with Gasteiger partial charge in [0, 0.05) is 49.3 Å². The molecule has 11 aromatic rings. The van der Waals surface area contributed by atoms with Crippen molar-refractivity contribution in [2.75, 3.05) is 0 Å². The first-order valence-electron chi connectivity index (χ1n) is 20.1. The Morgan fingerprint density at radius 2 is 0.949 bits per heavy atom. The maximum atomic E-state index is 7.01. The Labute approximate surface area is 340 Å². The number of nitrogens with zero attached hydrogens (tertiary/aromatic N) is 4. The van der Waals surface area contributed by atoms with Crippen molar-refractivity contribution in [1.82, 2.24) is 19.5 Å². The second-order valence-corrected chi connectivity index (χ2v) is 16.0. The zero-order chi connectivity index (χ0) is 39.2. The van der Waals surface area contributed by atoms with E-state index in [0.29, 0.717) is 17.5 Å². The molecular weight excluding hydrogens is 721 g/mol. The lowest BCUT2D eigenvalue weighted by molar-refractivity contribution is 0.661. The fraction of sp³-hybridized carbons (Fsp3) is 0.0556. The fourth-order valence-electron chi connectivity index (χ4n) is 9.39. The van der Waals surface area contributed by atoms with Crippen LogP contribution in [-0.4, -0.2) is 19.5 Å². The molecule has 12 rings (SSSR count). The quantitative estimate of drug-likeness (QED) is 0.175. The van der Waals surface area contributed by atoms with Crippen LogP contribution in [0.1, 0.15) is 25.0 Å². The van der Waals surface area contributed by atoms with Crippen LogP contribution >= 0.6 is 0 Å². The molecule has 0 saturated carbocycles. The van der Waals surface area contributed by atoms with Crippen LogP contribution in [0.15, 0.2) is 186 Å². The summed E-state index contributed by atoms with van der Waals surface area (Å²) in [7, 11) is 0. The molecule has 0 spiro atoms. The topological polar surface area (TPSA) is 56.7 Å². The van der Waals surface area contributed by atoms with E-state index in [2.05, 4.69) is 134 Å². The summed E-state index contributed by atoms with van der Waals surface area (Å²) in [5.74, 6) is 1.80. The van der Waals surface area contributed by atoms with E-state index < -0.39 is 0 Å². The highest BCUT2D eigenvalue weighted by Gasteiger charge is 2.36. The first-order chi connectivity index (χ1) is 29.0. The second kappa shape index (κ2) is 12.7. The van der Waals surface area contributed by atoms with Crippen molar-refractivity contribution in [2.24, 2.45) is 0 Å². The molecule has 3 heterocycles. The van der Waals surface area contributed by atoms with E-state index in [1.807, 2.05) is 66.7 Å². The van der Waals surface area contributed by atoms with E-state index in [1.54, 1.807) is 0 Å². The van der Waals surface area contributed by atoms with Crippen LogP contribution in [0, 0.1) is 0 Å². The lowest BCUT2D eigenvalue weighted by atomic mass is 9.82. The summed E-state index contributed by atoms with van der Waals surface area (Å²) in [5, 5.41) is 4.49. The van der Waals surface area contributed by atoms with Crippen molar-refractivity contribution >= 4 is 43.7 Å². The smallest absolute Gasteiger partial charge is 0.167 e. The number of hydrogen-bond donors (Lipinski definition) is 0. The number of aromatic nitrogens is 4. The Hall–Kier alpha value is -7.63. The number of fused-ring (bicyclic) bond motifs is 9. The minimum atomic E-state index is -0.105. The molecule has 0 fully saturated rings. The Kier molecular flexibility index (Phi) is 7.20. The Balaban J connectivity index is 1.07. The van der Waals surface area contributed by atoms with Gasteiger partial charge in [-0.3, -0.25) is 0 Å². The molecule has 278 valence electrons. The predicted molar refractivity (Wildman–Crippen MR) is 241 cm³/mol. The zero-order valence-electron chi connectivity index (χ0n) is 32.5. The van der Waals surface area contributed by atoms with Crippen LogP contribution in [-0.2, 0) is 5.41 Å². The molecule has 0 bridgehead atoms. The minimum Gasteiger partial charge on any atom is -0.455 e. The van der Waals surface area contributed by atoms with E-state index in [9.17, 15) is 0 Å². The SMILES string of the molecule is CC1(C)c2ccccc2-c2cc3c4cc(-c5cccc6c5oc5c(-c7nc(-c8ccccc8)nc(-c8ccccc8)n7)cccc56)ccc4n(-c4ccccc4)c3cc21. The van der Waals surface area contributed by atoms with Gasteiger partial charge >= 0.3 is 0 Å². The standard InChI is InChI=1S/C54H36N4O/c1-54(2)45-27-13-12-22-38(45)42-31-44-43-30-35(28-29-47(43)58(48(44)32-46(42)54)36-20-10-5-11-21-36)37-23-14-24-39-40-25-15-26-41(50(40)59-49(37)39)53-56-51(33-16-6-3-7-17-33)55-52(57-53)34-18-8-4-9-19-34/h3-32H,1-2H3. The number of furan rings is 1. The Morgan fingerprint density at radius 1 is 0.390 bits per heavy atom. The third-order valence-corrected chi connectivity index (χ3v) is 12.3. The molecule has 0 atom stereocenters. The predicted octanol–water partition coefficient (Wildman–Crippen LogP) is 13.8. The van der Waals surface area contributed by atoms with Crippen molar-refractivity contribution in [3.8, 4) is 62.1 Å². The average Bonchev–Trinajstić information content (AvgIpc) is 3.91. The summed E-state index contributed by atoms with van der Waals surface area (Å²) in [6, 6.07) is 64.2. The van der Waals surface area contributed by atoms with Gasteiger partial charge < -0.3 is 8.98 Å². The molecule has 8 aromatic carbocycles. The fourth-order valence-corrected chi connectivity index (χ4v) is 9.39. The van der Waals surface area contributed by atoms with Gasteiger partial charge in [-0.05, 0) is 70.3 Å². The normalized spacial score (nSPS) is 13.1. The lowest BCUT2D eigenvalue weighted by Crippen LogP contribution is -2.14. The zero-order valence-corrected chi connectivity index (χ0v) is 32.5. The van der Waals surface area contributed by atoms with E-state index in [1.165, 1.54) is 44.1 Å². The van der Waals surface area contributed by atoms with Crippen molar-refractivity contribution < 1.29 is 4.42 Å². The minimum absolute atomic E-state index is 0.105. The van der Waals surface area contributed by atoms with Gasteiger partial charge in [-0.15, -0.1) is 0 Å². The number of para-hydroxylation sites is 3. The van der Waals surface area contributed by atoms with Gasteiger partial charge in [0.25, 0.3) is 0 Å². The van der Waals surface area contributed by atoms with E-state index in [0.717, 1.165) is 55.4 Å². The van der Waals surface area contributed by atoms with Crippen molar-refractivity contribution in [3.05, 3.63) is 193 Å². The van der Waals surface area contributed by atoms with Gasteiger partial charge in [0.2, 0.25) is 0 Å².